The summed E-state index contributed by atoms with van der Waals surface area (Å²) < 4.78 is 5.66. The molecule has 0 radical (unpaired) electrons. The van der Waals surface area contributed by atoms with Gasteiger partial charge in [0.25, 0.3) is 0 Å². The number of hydrogen-bond donors (Lipinski definition) is 2. The molecule has 0 aliphatic heterocycles. The summed E-state index contributed by atoms with van der Waals surface area (Å²) >= 11 is 0. The molecule has 4 heteroatoms. The van der Waals surface area contributed by atoms with Crippen LogP contribution in [0.1, 0.15) is 39.2 Å². The van der Waals surface area contributed by atoms with E-state index in [1.165, 1.54) is 5.56 Å². The summed E-state index contributed by atoms with van der Waals surface area (Å²) in [5.41, 5.74) is 1.27. The molecule has 1 atom stereocenters. The van der Waals surface area contributed by atoms with Gasteiger partial charge < -0.3 is 15.4 Å². The fourth-order valence-electron chi connectivity index (χ4n) is 1.87. The summed E-state index contributed by atoms with van der Waals surface area (Å²) in [6.45, 7) is 8.05. The van der Waals surface area contributed by atoms with Crippen molar-refractivity contribution in [2.45, 2.75) is 46.1 Å². The van der Waals surface area contributed by atoms with Crippen molar-refractivity contribution >= 4 is 5.96 Å². The molecule has 4 nitrogen and oxygen atoms in total. The minimum Gasteiger partial charge on any atom is -0.494 e. The Balaban J connectivity index is 2.40. The van der Waals surface area contributed by atoms with Crippen molar-refractivity contribution < 1.29 is 4.74 Å². The van der Waals surface area contributed by atoms with Crippen molar-refractivity contribution in [3.8, 4) is 5.75 Å². The van der Waals surface area contributed by atoms with Crippen LogP contribution in [0.2, 0.25) is 0 Å². The number of hydrogen-bond acceptors (Lipinski definition) is 2. The first-order chi connectivity index (χ1) is 10.2. The minimum atomic E-state index is 0.432. The van der Waals surface area contributed by atoms with Crippen molar-refractivity contribution in [2.75, 3.05) is 20.2 Å². The SMILES string of the molecule is CCCOc1cccc(CCNC(=NC)NC(C)CC)c1. The van der Waals surface area contributed by atoms with E-state index < -0.39 is 0 Å². The first-order valence-electron chi connectivity index (χ1n) is 7.88. The average molecular weight is 291 g/mol. The van der Waals surface area contributed by atoms with Crippen LogP contribution in [-0.2, 0) is 6.42 Å². The molecule has 0 amide bonds. The van der Waals surface area contributed by atoms with Gasteiger partial charge in [-0.3, -0.25) is 4.99 Å². The molecule has 1 aromatic rings. The largest absolute Gasteiger partial charge is 0.494 e. The van der Waals surface area contributed by atoms with E-state index in [4.69, 9.17) is 4.74 Å². The molecule has 0 saturated heterocycles. The van der Waals surface area contributed by atoms with Crippen LogP contribution in [0, 0.1) is 0 Å². The summed E-state index contributed by atoms with van der Waals surface area (Å²) in [5, 5.41) is 6.70. The molecule has 0 aliphatic carbocycles. The smallest absolute Gasteiger partial charge is 0.191 e. The number of nitrogens with zero attached hydrogens (tertiary/aromatic N) is 1. The van der Waals surface area contributed by atoms with Gasteiger partial charge in [-0.05, 0) is 43.9 Å². The summed E-state index contributed by atoms with van der Waals surface area (Å²) in [6, 6.07) is 8.73. The number of guanidine groups is 1. The molecule has 0 heterocycles. The molecule has 118 valence electrons. The average Bonchev–Trinajstić information content (AvgIpc) is 2.52. The predicted molar refractivity (Wildman–Crippen MR) is 90.2 cm³/mol. The molecule has 1 unspecified atom stereocenters. The monoisotopic (exact) mass is 291 g/mol. The first kappa shape index (κ1) is 17.3. The fourth-order valence-corrected chi connectivity index (χ4v) is 1.87. The number of nitrogens with one attached hydrogen (secondary N) is 2. The van der Waals surface area contributed by atoms with Crippen LogP contribution in [0.3, 0.4) is 0 Å². The number of aliphatic imine (C=N–C) groups is 1. The van der Waals surface area contributed by atoms with Gasteiger partial charge in [0.15, 0.2) is 5.96 Å². The molecule has 0 bridgehead atoms. The summed E-state index contributed by atoms with van der Waals surface area (Å²) in [4.78, 5) is 4.23. The van der Waals surface area contributed by atoms with Crippen LogP contribution >= 0.6 is 0 Å². The predicted octanol–water partition coefficient (Wildman–Crippen LogP) is 2.98. The maximum absolute atomic E-state index is 5.66. The summed E-state index contributed by atoms with van der Waals surface area (Å²) in [6.07, 6.45) is 3.06. The fraction of sp³-hybridized carbons (Fsp3) is 0.588. The van der Waals surface area contributed by atoms with Gasteiger partial charge in [-0.2, -0.15) is 0 Å². The summed E-state index contributed by atoms with van der Waals surface area (Å²) in [5.74, 6) is 1.82. The number of ether oxygens (including phenoxy) is 1. The van der Waals surface area contributed by atoms with E-state index in [1.807, 2.05) is 12.1 Å². The molecule has 0 aliphatic rings. The molecule has 21 heavy (non-hydrogen) atoms. The standard InChI is InChI=1S/C17H29N3O/c1-5-12-21-16-9-7-8-15(13-16)10-11-19-17(18-4)20-14(3)6-2/h7-9,13-14H,5-6,10-12H2,1-4H3,(H2,18,19,20). The lowest BCUT2D eigenvalue weighted by atomic mass is 10.1. The van der Waals surface area contributed by atoms with Crippen LogP contribution in [0.25, 0.3) is 0 Å². The molecule has 0 fully saturated rings. The number of benzene rings is 1. The van der Waals surface area contributed by atoms with Gasteiger partial charge >= 0.3 is 0 Å². The van der Waals surface area contributed by atoms with Gasteiger partial charge in [-0.25, -0.2) is 0 Å². The molecule has 0 aromatic heterocycles. The van der Waals surface area contributed by atoms with Crippen molar-refractivity contribution in [1.82, 2.24) is 10.6 Å². The van der Waals surface area contributed by atoms with E-state index >= 15 is 0 Å². The lowest BCUT2D eigenvalue weighted by Gasteiger charge is -2.16. The van der Waals surface area contributed by atoms with Crippen LogP contribution in [0.15, 0.2) is 29.3 Å². The van der Waals surface area contributed by atoms with Gasteiger partial charge in [0.2, 0.25) is 0 Å². The van der Waals surface area contributed by atoms with E-state index in [2.05, 4.69) is 48.5 Å². The van der Waals surface area contributed by atoms with Crippen LogP contribution in [0.5, 0.6) is 5.75 Å². The van der Waals surface area contributed by atoms with Gasteiger partial charge in [0.1, 0.15) is 5.75 Å². The Morgan fingerprint density at radius 1 is 1.33 bits per heavy atom. The Labute approximate surface area is 129 Å². The van der Waals surface area contributed by atoms with Crippen molar-refractivity contribution in [2.24, 2.45) is 4.99 Å². The van der Waals surface area contributed by atoms with E-state index in [0.29, 0.717) is 6.04 Å². The van der Waals surface area contributed by atoms with E-state index in [-0.39, 0.29) is 0 Å². The maximum atomic E-state index is 5.66. The van der Waals surface area contributed by atoms with Crippen LogP contribution in [-0.4, -0.2) is 32.2 Å². The highest BCUT2D eigenvalue weighted by Crippen LogP contribution is 2.13. The Bertz CT molecular complexity index is 432. The van der Waals surface area contributed by atoms with Crippen molar-refractivity contribution in [1.29, 1.82) is 0 Å². The molecular formula is C17H29N3O. The minimum absolute atomic E-state index is 0.432. The lowest BCUT2D eigenvalue weighted by Crippen LogP contribution is -2.42. The highest BCUT2D eigenvalue weighted by Gasteiger charge is 2.02. The van der Waals surface area contributed by atoms with Gasteiger partial charge in [0, 0.05) is 19.6 Å². The van der Waals surface area contributed by atoms with Crippen molar-refractivity contribution in [3.05, 3.63) is 29.8 Å². The van der Waals surface area contributed by atoms with Gasteiger partial charge in [0.05, 0.1) is 6.61 Å². The first-order valence-corrected chi connectivity index (χ1v) is 7.88. The van der Waals surface area contributed by atoms with E-state index in [1.54, 1.807) is 7.05 Å². The van der Waals surface area contributed by atoms with Crippen LogP contribution in [0.4, 0.5) is 0 Å². The highest BCUT2D eigenvalue weighted by atomic mass is 16.5. The van der Waals surface area contributed by atoms with Gasteiger partial charge in [-0.1, -0.05) is 26.0 Å². The number of rotatable bonds is 8. The molecule has 1 rings (SSSR count). The Kier molecular flexibility index (Phi) is 8.32. The molecule has 0 saturated carbocycles. The third-order valence-corrected chi connectivity index (χ3v) is 3.30. The second-order valence-electron chi connectivity index (χ2n) is 5.20. The Morgan fingerprint density at radius 3 is 2.81 bits per heavy atom. The van der Waals surface area contributed by atoms with E-state index in [0.717, 1.165) is 44.1 Å². The van der Waals surface area contributed by atoms with Crippen molar-refractivity contribution in [3.63, 3.8) is 0 Å². The second-order valence-corrected chi connectivity index (χ2v) is 5.20. The van der Waals surface area contributed by atoms with Gasteiger partial charge in [-0.15, -0.1) is 0 Å². The lowest BCUT2D eigenvalue weighted by molar-refractivity contribution is 0.317. The topological polar surface area (TPSA) is 45.6 Å². The summed E-state index contributed by atoms with van der Waals surface area (Å²) in [7, 11) is 1.80. The second kappa shape index (κ2) is 10.1. The molecule has 2 N–H and O–H groups in total. The maximum Gasteiger partial charge on any atom is 0.191 e. The molecular weight excluding hydrogens is 262 g/mol. The zero-order chi connectivity index (χ0) is 15.5. The quantitative estimate of drug-likeness (QED) is 0.572. The zero-order valence-electron chi connectivity index (χ0n) is 13.8. The normalized spacial score (nSPS) is 12.9. The van der Waals surface area contributed by atoms with E-state index in [9.17, 15) is 0 Å². The Hall–Kier alpha value is -1.71. The molecule has 1 aromatic carbocycles. The zero-order valence-corrected chi connectivity index (χ0v) is 13.8. The third kappa shape index (κ3) is 7.02. The molecule has 0 spiro atoms. The highest BCUT2D eigenvalue weighted by molar-refractivity contribution is 5.79. The Morgan fingerprint density at radius 2 is 2.14 bits per heavy atom. The third-order valence-electron chi connectivity index (χ3n) is 3.30. The van der Waals surface area contributed by atoms with Crippen LogP contribution < -0.4 is 15.4 Å².